The summed E-state index contributed by atoms with van der Waals surface area (Å²) in [6.07, 6.45) is 3.22. The van der Waals surface area contributed by atoms with Gasteiger partial charge in [0.05, 0.1) is 18.2 Å². The molecular formula is C13H18N4O3S. The molecule has 0 fully saturated rings. The smallest absolute Gasteiger partial charge is 0.241 e. The Balaban J connectivity index is 2.27. The second-order valence-electron chi connectivity index (χ2n) is 4.55. The molecule has 7 nitrogen and oxygen atoms in total. The number of methoxy groups -OCH3 is 1. The summed E-state index contributed by atoms with van der Waals surface area (Å²) in [6, 6.07) is 4.21. The van der Waals surface area contributed by atoms with Crippen molar-refractivity contribution < 1.29 is 13.2 Å². The summed E-state index contributed by atoms with van der Waals surface area (Å²) in [7, 11) is -2.13. The van der Waals surface area contributed by atoms with Gasteiger partial charge in [-0.2, -0.15) is 5.10 Å². The van der Waals surface area contributed by atoms with E-state index in [2.05, 4.69) is 14.9 Å². The molecule has 114 valence electrons. The summed E-state index contributed by atoms with van der Waals surface area (Å²) >= 11 is 0. The van der Waals surface area contributed by atoms with Gasteiger partial charge in [0.2, 0.25) is 10.0 Å². The van der Waals surface area contributed by atoms with Gasteiger partial charge in [0.25, 0.3) is 0 Å². The molecule has 0 saturated heterocycles. The molecule has 1 atom stereocenters. The van der Waals surface area contributed by atoms with Crippen LogP contribution < -0.4 is 15.2 Å². The minimum absolute atomic E-state index is 0.152. The molecule has 0 saturated carbocycles. The summed E-state index contributed by atoms with van der Waals surface area (Å²) in [5.41, 5.74) is 7.00. The second kappa shape index (κ2) is 6.25. The molecule has 2 aromatic rings. The molecule has 0 bridgehead atoms. The third-order valence-electron chi connectivity index (χ3n) is 3.13. The van der Waals surface area contributed by atoms with E-state index in [4.69, 9.17) is 10.5 Å². The van der Waals surface area contributed by atoms with E-state index in [1.165, 1.54) is 19.2 Å². The Labute approximate surface area is 123 Å². The summed E-state index contributed by atoms with van der Waals surface area (Å²) < 4.78 is 32.5. The molecule has 1 unspecified atom stereocenters. The van der Waals surface area contributed by atoms with E-state index in [0.717, 1.165) is 5.56 Å². The summed E-state index contributed by atoms with van der Waals surface area (Å²) in [6.45, 7) is 1.94. The average Bonchev–Trinajstić information content (AvgIpc) is 3.00. The Morgan fingerprint density at radius 3 is 2.81 bits per heavy atom. The lowest BCUT2D eigenvalue weighted by Crippen LogP contribution is -2.26. The van der Waals surface area contributed by atoms with Gasteiger partial charge in [-0.15, -0.1) is 0 Å². The summed E-state index contributed by atoms with van der Waals surface area (Å²) in [5.74, 6) is 0.569. The number of aromatic amines is 1. The van der Waals surface area contributed by atoms with Crippen LogP contribution in [0.25, 0.3) is 0 Å². The quantitative estimate of drug-likeness (QED) is 0.735. The molecule has 1 heterocycles. The number of sulfonamides is 1. The van der Waals surface area contributed by atoms with Crippen LogP contribution >= 0.6 is 0 Å². The Morgan fingerprint density at radius 2 is 2.24 bits per heavy atom. The summed E-state index contributed by atoms with van der Waals surface area (Å²) in [4.78, 5) is 0.152. The number of nitrogens with zero attached hydrogens (tertiary/aromatic N) is 1. The molecule has 2 rings (SSSR count). The Hall–Kier alpha value is -1.90. The van der Waals surface area contributed by atoms with Gasteiger partial charge >= 0.3 is 0 Å². The van der Waals surface area contributed by atoms with E-state index in [9.17, 15) is 8.42 Å². The SMILES string of the molecule is COc1ccc(S(=O)(=O)NC(C)c2cn[nH]c2)cc1CN. The van der Waals surface area contributed by atoms with Crippen molar-refractivity contribution in [1.82, 2.24) is 14.9 Å². The van der Waals surface area contributed by atoms with E-state index in [-0.39, 0.29) is 11.4 Å². The highest BCUT2D eigenvalue weighted by atomic mass is 32.2. The first kappa shape index (κ1) is 15.5. The molecule has 0 aliphatic heterocycles. The van der Waals surface area contributed by atoms with Crippen molar-refractivity contribution in [2.75, 3.05) is 7.11 Å². The van der Waals surface area contributed by atoms with Gasteiger partial charge in [0.1, 0.15) is 5.75 Å². The molecule has 0 amide bonds. The third kappa shape index (κ3) is 3.41. The highest BCUT2D eigenvalue weighted by molar-refractivity contribution is 7.89. The number of H-pyrrole nitrogens is 1. The first-order valence-electron chi connectivity index (χ1n) is 6.36. The predicted molar refractivity (Wildman–Crippen MR) is 78.2 cm³/mol. The van der Waals surface area contributed by atoms with E-state index in [0.29, 0.717) is 11.3 Å². The molecule has 0 spiro atoms. The molecule has 0 aliphatic rings. The maximum Gasteiger partial charge on any atom is 0.241 e. The van der Waals surface area contributed by atoms with E-state index < -0.39 is 16.1 Å². The lowest BCUT2D eigenvalue weighted by atomic mass is 10.2. The van der Waals surface area contributed by atoms with Crippen LogP contribution in [-0.4, -0.2) is 25.7 Å². The molecule has 21 heavy (non-hydrogen) atoms. The fourth-order valence-electron chi connectivity index (χ4n) is 1.95. The first-order chi connectivity index (χ1) is 9.97. The number of rotatable bonds is 6. The number of nitrogens with two attached hydrogens (primary N) is 1. The lowest BCUT2D eigenvalue weighted by molar-refractivity contribution is 0.409. The molecule has 4 N–H and O–H groups in total. The molecule has 8 heteroatoms. The van der Waals surface area contributed by atoms with E-state index in [1.54, 1.807) is 25.4 Å². The van der Waals surface area contributed by atoms with Crippen LogP contribution in [0.3, 0.4) is 0 Å². The second-order valence-corrected chi connectivity index (χ2v) is 6.27. The van der Waals surface area contributed by atoms with Crippen LogP contribution in [0.4, 0.5) is 0 Å². The maximum atomic E-state index is 12.4. The van der Waals surface area contributed by atoms with Crippen molar-refractivity contribution in [2.45, 2.75) is 24.4 Å². The number of benzene rings is 1. The zero-order chi connectivity index (χ0) is 15.5. The maximum absolute atomic E-state index is 12.4. The zero-order valence-corrected chi connectivity index (χ0v) is 12.6. The van der Waals surface area contributed by atoms with Crippen molar-refractivity contribution in [3.05, 3.63) is 41.7 Å². The number of aromatic nitrogens is 2. The minimum atomic E-state index is -3.65. The van der Waals surface area contributed by atoms with Crippen LogP contribution in [0.5, 0.6) is 5.75 Å². The fourth-order valence-corrected chi connectivity index (χ4v) is 3.23. The summed E-state index contributed by atoms with van der Waals surface area (Å²) in [5, 5.41) is 6.45. The van der Waals surface area contributed by atoms with Gasteiger partial charge in [-0.1, -0.05) is 0 Å². The van der Waals surface area contributed by atoms with Crippen molar-refractivity contribution in [3.8, 4) is 5.75 Å². The number of hydrogen-bond donors (Lipinski definition) is 3. The highest BCUT2D eigenvalue weighted by Gasteiger charge is 2.20. The first-order valence-corrected chi connectivity index (χ1v) is 7.84. The van der Waals surface area contributed by atoms with Crippen LogP contribution in [0.1, 0.15) is 24.1 Å². The van der Waals surface area contributed by atoms with Crippen molar-refractivity contribution in [1.29, 1.82) is 0 Å². The minimum Gasteiger partial charge on any atom is -0.496 e. The Morgan fingerprint density at radius 1 is 1.48 bits per heavy atom. The van der Waals surface area contributed by atoms with Crippen molar-refractivity contribution >= 4 is 10.0 Å². The molecule has 0 aliphatic carbocycles. The Bertz CT molecular complexity index is 698. The largest absolute Gasteiger partial charge is 0.496 e. The van der Waals surface area contributed by atoms with Crippen molar-refractivity contribution in [2.24, 2.45) is 5.73 Å². The van der Waals surface area contributed by atoms with Gasteiger partial charge in [-0.25, -0.2) is 13.1 Å². The highest BCUT2D eigenvalue weighted by Crippen LogP contribution is 2.23. The van der Waals surface area contributed by atoms with Crippen LogP contribution in [0.15, 0.2) is 35.5 Å². The fraction of sp³-hybridized carbons (Fsp3) is 0.308. The topological polar surface area (TPSA) is 110 Å². The number of nitrogens with one attached hydrogen (secondary N) is 2. The third-order valence-corrected chi connectivity index (χ3v) is 4.67. The Kier molecular flexibility index (Phi) is 4.61. The van der Waals surface area contributed by atoms with Gasteiger partial charge in [-0.05, 0) is 25.1 Å². The average molecular weight is 310 g/mol. The van der Waals surface area contributed by atoms with E-state index in [1.807, 2.05) is 0 Å². The van der Waals surface area contributed by atoms with Gasteiger partial charge in [0, 0.05) is 29.9 Å². The molecule has 0 radical (unpaired) electrons. The molecule has 1 aromatic heterocycles. The van der Waals surface area contributed by atoms with Crippen LogP contribution in [0.2, 0.25) is 0 Å². The van der Waals surface area contributed by atoms with Crippen LogP contribution in [-0.2, 0) is 16.6 Å². The van der Waals surface area contributed by atoms with Crippen LogP contribution in [0, 0.1) is 0 Å². The number of ether oxygens (including phenoxy) is 1. The standard InChI is InChI=1S/C13H18N4O3S/c1-9(11-7-15-16-8-11)17-21(18,19)12-3-4-13(20-2)10(5-12)6-14/h3-5,7-9,17H,6,14H2,1-2H3,(H,15,16). The van der Waals surface area contributed by atoms with Crippen molar-refractivity contribution in [3.63, 3.8) is 0 Å². The monoisotopic (exact) mass is 310 g/mol. The van der Waals surface area contributed by atoms with Gasteiger partial charge in [-0.3, -0.25) is 5.10 Å². The molecule has 1 aromatic carbocycles. The van der Waals surface area contributed by atoms with E-state index >= 15 is 0 Å². The van der Waals surface area contributed by atoms with Gasteiger partial charge < -0.3 is 10.5 Å². The predicted octanol–water partition coefficient (Wildman–Crippen LogP) is 0.917. The normalized spacial score (nSPS) is 13.1. The van der Waals surface area contributed by atoms with Gasteiger partial charge in [0.15, 0.2) is 0 Å². The lowest BCUT2D eigenvalue weighted by Gasteiger charge is -2.14. The zero-order valence-electron chi connectivity index (χ0n) is 11.8. The number of hydrogen-bond acceptors (Lipinski definition) is 5. The molecular weight excluding hydrogens is 292 g/mol.